The second-order valence-electron chi connectivity index (χ2n) is 1.48. The van der Waals surface area contributed by atoms with E-state index < -0.39 is 0 Å². The van der Waals surface area contributed by atoms with Crippen molar-refractivity contribution >= 4 is 0 Å². The molecule has 0 aliphatic heterocycles. The van der Waals surface area contributed by atoms with E-state index in [1.807, 2.05) is 13.8 Å². The molecule has 0 rings (SSSR count). The summed E-state index contributed by atoms with van der Waals surface area (Å²) in [5.41, 5.74) is 15.0. The predicted octanol–water partition coefficient (Wildman–Crippen LogP) is -0.395. The summed E-state index contributed by atoms with van der Waals surface area (Å²) in [4.78, 5) is 0. The van der Waals surface area contributed by atoms with Crippen molar-refractivity contribution in [3.63, 3.8) is 0 Å². The lowest BCUT2D eigenvalue weighted by Crippen LogP contribution is -2.28. The summed E-state index contributed by atoms with van der Waals surface area (Å²) >= 11 is 0. The molecule has 8 heavy (non-hydrogen) atoms. The van der Waals surface area contributed by atoms with Crippen molar-refractivity contribution in [3.8, 4) is 0 Å². The van der Waals surface area contributed by atoms with Crippen LogP contribution in [0.15, 0.2) is 0 Å². The minimum Gasteiger partial charge on any atom is -0.331 e. The lowest BCUT2D eigenvalue weighted by molar-refractivity contribution is 0.682. The Bertz CT molecular complexity index is 28.9. The van der Waals surface area contributed by atoms with Crippen LogP contribution in [0.1, 0.15) is 20.3 Å². The van der Waals surface area contributed by atoms with Gasteiger partial charge in [0.1, 0.15) is 0 Å². The first kappa shape index (κ1) is 10.8. The van der Waals surface area contributed by atoms with Crippen LogP contribution in [-0.2, 0) is 0 Å². The first-order valence-corrected chi connectivity index (χ1v) is 2.90. The third kappa shape index (κ3) is 39.6. The lowest BCUT2D eigenvalue weighted by atomic mass is 10.4. The molecule has 0 aromatic rings. The Morgan fingerprint density at radius 2 is 1.38 bits per heavy atom. The summed E-state index contributed by atoms with van der Waals surface area (Å²) in [6.07, 6.45) is 0.745. The van der Waals surface area contributed by atoms with Gasteiger partial charge in [-0.2, -0.15) is 0 Å². The molecule has 3 heteroatoms. The topological polar surface area (TPSA) is 78.1 Å². The molecular weight excluding hydrogens is 102 g/mol. The van der Waals surface area contributed by atoms with Gasteiger partial charge < -0.3 is 17.2 Å². The Morgan fingerprint density at radius 1 is 1.25 bits per heavy atom. The third-order valence-electron chi connectivity index (χ3n) is 0.471. The molecule has 3 nitrogen and oxygen atoms in total. The molecular formula is C5H17N3. The Hall–Kier alpha value is -0.120. The maximum Gasteiger partial charge on any atom is 0.0518 e. The summed E-state index contributed by atoms with van der Waals surface area (Å²) in [6, 6.07) is 0. The summed E-state index contributed by atoms with van der Waals surface area (Å²) in [6.45, 7) is 4.60. The van der Waals surface area contributed by atoms with Gasteiger partial charge in [-0.15, -0.1) is 0 Å². The minimum absolute atomic E-state index is 0.116. The smallest absolute Gasteiger partial charge is 0.0518 e. The standard InChI is InChI=1S/C3H10N2.C2H7N/c1-2-3(4)5;1-2-3/h3H,2,4-5H2,1H3;2-3H2,1H3. The normalized spacial score (nSPS) is 8.25. The highest BCUT2D eigenvalue weighted by Crippen LogP contribution is 1.68. The molecule has 0 saturated carbocycles. The fraction of sp³-hybridized carbons (Fsp3) is 1.00. The number of hydrogen-bond donors (Lipinski definition) is 3. The van der Waals surface area contributed by atoms with E-state index in [1.165, 1.54) is 0 Å². The van der Waals surface area contributed by atoms with Gasteiger partial charge >= 0.3 is 0 Å². The summed E-state index contributed by atoms with van der Waals surface area (Å²) in [5, 5.41) is 0. The molecule has 0 aliphatic rings. The van der Waals surface area contributed by atoms with Gasteiger partial charge in [-0.05, 0) is 13.0 Å². The van der Waals surface area contributed by atoms with Gasteiger partial charge in [0.05, 0.1) is 6.17 Å². The molecule has 0 atom stereocenters. The average molecular weight is 119 g/mol. The molecule has 6 N–H and O–H groups in total. The molecule has 0 radical (unpaired) electrons. The van der Waals surface area contributed by atoms with E-state index >= 15 is 0 Å². The zero-order valence-electron chi connectivity index (χ0n) is 5.72. The van der Waals surface area contributed by atoms with Gasteiger partial charge in [0.25, 0.3) is 0 Å². The van der Waals surface area contributed by atoms with Crippen LogP contribution in [0.4, 0.5) is 0 Å². The van der Waals surface area contributed by atoms with Crippen LogP contribution >= 0.6 is 0 Å². The van der Waals surface area contributed by atoms with E-state index in [4.69, 9.17) is 17.2 Å². The van der Waals surface area contributed by atoms with Crippen molar-refractivity contribution in [1.29, 1.82) is 0 Å². The van der Waals surface area contributed by atoms with E-state index in [1.54, 1.807) is 0 Å². The zero-order chi connectivity index (χ0) is 6.99. The van der Waals surface area contributed by atoms with Gasteiger partial charge in [0, 0.05) is 0 Å². The molecule has 0 spiro atoms. The van der Waals surface area contributed by atoms with E-state index in [0.717, 1.165) is 13.0 Å². The molecule has 52 valence electrons. The fourth-order valence-electron chi connectivity index (χ4n) is 0. The van der Waals surface area contributed by atoms with Crippen LogP contribution in [0.25, 0.3) is 0 Å². The Labute approximate surface area is 51.2 Å². The number of hydrogen-bond acceptors (Lipinski definition) is 3. The number of nitrogens with two attached hydrogens (primary N) is 3. The summed E-state index contributed by atoms with van der Waals surface area (Å²) in [7, 11) is 0. The largest absolute Gasteiger partial charge is 0.331 e. The lowest BCUT2D eigenvalue weighted by Gasteiger charge is -1.92. The molecule has 0 amide bonds. The zero-order valence-corrected chi connectivity index (χ0v) is 5.72. The van der Waals surface area contributed by atoms with Crippen molar-refractivity contribution in [1.82, 2.24) is 0 Å². The van der Waals surface area contributed by atoms with Crippen molar-refractivity contribution in [3.05, 3.63) is 0 Å². The van der Waals surface area contributed by atoms with E-state index in [9.17, 15) is 0 Å². The molecule has 0 aromatic carbocycles. The monoisotopic (exact) mass is 119 g/mol. The van der Waals surface area contributed by atoms with Crippen molar-refractivity contribution in [2.24, 2.45) is 17.2 Å². The van der Waals surface area contributed by atoms with Gasteiger partial charge in [-0.25, -0.2) is 0 Å². The summed E-state index contributed by atoms with van der Waals surface area (Å²) < 4.78 is 0. The average Bonchev–Trinajstić information content (AvgIpc) is 1.69. The first-order chi connectivity index (χ1) is 3.68. The van der Waals surface area contributed by atoms with Crippen molar-refractivity contribution < 1.29 is 0 Å². The highest BCUT2D eigenvalue weighted by molar-refractivity contribution is 4.40. The molecule has 0 aromatic heterocycles. The molecule has 0 saturated heterocycles. The predicted molar refractivity (Wildman–Crippen MR) is 37.2 cm³/mol. The van der Waals surface area contributed by atoms with E-state index in [-0.39, 0.29) is 6.17 Å². The highest BCUT2D eigenvalue weighted by atomic mass is 14.8. The molecule has 0 fully saturated rings. The van der Waals surface area contributed by atoms with Gasteiger partial charge in [0.2, 0.25) is 0 Å². The SMILES string of the molecule is CCC(N)N.CCN. The van der Waals surface area contributed by atoms with Crippen molar-refractivity contribution in [2.45, 2.75) is 26.4 Å². The van der Waals surface area contributed by atoms with Crippen LogP contribution in [0.5, 0.6) is 0 Å². The van der Waals surface area contributed by atoms with Crippen LogP contribution in [0.3, 0.4) is 0 Å². The van der Waals surface area contributed by atoms with Crippen LogP contribution in [-0.4, -0.2) is 12.7 Å². The van der Waals surface area contributed by atoms with Crippen molar-refractivity contribution in [2.75, 3.05) is 6.54 Å². The molecule has 0 unspecified atom stereocenters. The third-order valence-corrected chi connectivity index (χ3v) is 0.471. The second-order valence-corrected chi connectivity index (χ2v) is 1.48. The van der Waals surface area contributed by atoms with Gasteiger partial charge in [-0.1, -0.05) is 13.8 Å². The van der Waals surface area contributed by atoms with E-state index in [0.29, 0.717) is 0 Å². The van der Waals surface area contributed by atoms with Crippen LogP contribution in [0, 0.1) is 0 Å². The maximum atomic E-state index is 5.07. The second kappa shape index (κ2) is 9.99. The molecule has 0 heterocycles. The Balaban J connectivity index is 0. The molecule has 0 aliphatic carbocycles. The fourth-order valence-corrected chi connectivity index (χ4v) is 0. The minimum atomic E-state index is -0.116. The van der Waals surface area contributed by atoms with Gasteiger partial charge in [0.15, 0.2) is 0 Å². The molecule has 0 bridgehead atoms. The maximum absolute atomic E-state index is 5.07. The highest BCUT2D eigenvalue weighted by Gasteiger charge is 1.79. The first-order valence-electron chi connectivity index (χ1n) is 2.90. The number of rotatable bonds is 1. The van der Waals surface area contributed by atoms with Crippen LogP contribution < -0.4 is 17.2 Å². The quantitative estimate of drug-likeness (QED) is 0.411. The summed E-state index contributed by atoms with van der Waals surface area (Å²) in [5.74, 6) is 0. The Morgan fingerprint density at radius 3 is 1.38 bits per heavy atom. The van der Waals surface area contributed by atoms with E-state index in [2.05, 4.69) is 0 Å². The van der Waals surface area contributed by atoms with Crippen LogP contribution in [0.2, 0.25) is 0 Å². The van der Waals surface area contributed by atoms with Gasteiger partial charge in [-0.3, -0.25) is 0 Å². The Kier molecular flexibility index (Phi) is 13.5.